The summed E-state index contributed by atoms with van der Waals surface area (Å²) < 4.78 is 5.04. The number of carboxylic acids is 1. The Labute approximate surface area is 104 Å². The van der Waals surface area contributed by atoms with Crippen molar-refractivity contribution in [2.24, 2.45) is 11.8 Å². The van der Waals surface area contributed by atoms with Gasteiger partial charge in [0.1, 0.15) is 5.54 Å². The zero-order valence-electron chi connectivity index (χ0n) is 11.4. The average Bonchev–Trinajstić information content (AvgIpc) is 2.24. The van der Waals surface area contributed by atoms with Gasteiger partial charge in [0, 0.05) is 26.8 Å². The van der Waals surface area contributed by atoms with E-state index in [0.29, 0.717) is 24.9 Å². The maximum atomic E-state index is 11.5. The Bertz CT molecular complexity index is 259. The van der Waals surface area contributed by atoms with Crippen molar-refractivity contribution >= 4 is 5.97 Å². The van der Waals surface area contributed by atoms with E-state index in [1.54, 1.807) is 7.11 Å². The van der Waals surface area contributed by atoms with Gasteiger partial charge >= 0.3 is 5.97 Å². The van der Waals surface area contributed by atoms with E-state index >= 15 is 0 Å². The lowest BCUT2D eigenvalue weighted by Gasteiger charge is -2.44. The number of aliphatic carboxylic acids is 1. The van der Waals surface area contributed by atoms with Crippen molar-refractivity contribution < 1.29 is 14.6 Å². The fourth-order valence-electron chi connectivity index (χ4n) is 2.77. The first-order valence-corrected chi connectivity index (χ1v) is 6.37. The lowest BCUT2D eigenvalue weighted by atomic mass is 9.86. The number of piperidine rings is 1. The lowest BCUT2D eigenvalue weighted by molar-refractivity contribution is -0.154. The highest BCUT2D eigenvalue weighted by atomic mass is 16.5. The van der Waals surface area contributed by atoms with Crippen molar-refractivity contribution in [1.29, 1.82) is 0 Å². The molecule has 3 unspecified atom stereocenters. The van der Waals surface area contributed by atoms with E-state index in [1.165, 1.54) is 6.42 Å². The molecular weight excluding hydrogens is 218 g/mol. The summed E-state index contributed by atoms with van der Waals surface area (Å²) in [5, 5.41) is 9.49. The molecule has 1 aliphatic rings. The third-order valence-electron chi connectivity index (χ3n) is 3.82. The summed E-state index contributed by atoms with van der Waals surface area (Å²) in [5.74, 6) is 0.399. The van der Waals surface area contributed by atoms with Crippen LogP contribution in [0.15, 0.2) is 0 Å². The second-order valence-electron chi connectivity index (χ2n) is 5.67. The average molecular weight is 243 g/mol. The molecule has 1 rings (SSSR count). The van der Waals surface area contributed by atoms with E-state index in [2.05, 4.69) is 18.7 Å². The summed E-state index contributed by atoms with van der Waals surface area (Å²) in [5.41, 5.74) is -0.793. The standard InChI is InChI=1S/C13H25NO3/c1-10-7-11(2)9-14(8-10)13(3,12(15)16)5-6-17-4/h10-11H,5-9H2,1-4H3,(H,15,16). The van der Waals surface area contributed by atoms with E-state index < -0.39 is 11.5 Å². The van der Waals surface area contributed by atoms with Gasteiger partial charge in [-0.05, 0) is 31.6 Å². The molecule has 0 amide bonds. The largest absolute Gasteiger partial charge is 0.480 e. The van der Waals surface area contributed by atoms with E-state index in [9.17, 15) is 9.90 Å². The first-order chi connectivity index (χ1) is 7.90. The Hall–Kier alpha value is -0.610. The Morgan fingerprint density at radius 3 is 2.35 bits per heavy atom. The monoisotopic (exact) mass is 243 g/mol. The third-order valence-corrected chi connectivity index (χ3v) is 3.82. The SMILES string of the molecule is COCCC(C)(C(=O)O)N1CC(C)CC(C)C1. The Morgan fingerprint density at radius 1 is 1.41 bits per heavy atom. The molecule has 1 N–H and O–H groups in total. The summed E-state index contributed by atoms with van der Waals surface area (Å²) in [6, 6.07) is 0. The number of nitrogens with zero attached hydrogens (tertiary/aromatic N) is 1. The summed E-state index contributed by atoms with van der Waals surface area (Å²) in [6.45, 7) is 8.44. The quantitative estimate of drug-likeness (QED) is 0.800. The van der Waals surface area contributed by atoms with Crippen molar-refractivity contribution in [3.05, 3.63) is 0 Å². The summed E-state index contributed by atoms with van der Waals surface area (Å²) >= 11 is 0. The second-order valence-corrected chi connectivity index (χ2v) is 5.67. The van der Waals surface area contributed by atoms with Crippen LogP contribution in [0.3, 0.4) is 0 Å². The van der Waals surface area contributed by atoms with Crippen LogP contribution < -0.4 is 0 Å². The first kappa shape index (κ1) is 14.5. The van der Waals surface area contributed by atoms with Crippen LogP contribution >= 0.6 is 0 Å². The highest BCUT2D eigenvalue weighted by molar-refractivity contribution is 5.78. The number of ether oxygens (including phenoxy) is 1. The minimum absolute atomic E-state index is 0.488. The van der Waals surface area contributed by atoms with Gasteiger partial charge < -0.3 is 9.84 Å². The molecule has 0 aromatic heterocycles. The second kappa shape index (κ2) is 5.83. The van der Waals surface area contributed by atoms with E-state index in [1.807, 2.05) is 6.92 Å². The number of rotatable bonds is 5. The number of hydrogen-bond donors (Lipinski definition) is 1. The van der Waals surface area contributed by atoms with Gasteiger partial charge in [0.15, 0.2) is 0 Å². The molecule has 0 bridgehead atoms. The first-order valence-electron chi connectivity index (χ1n) is 6.37. The Balaban J connectivity index is 2.78. The van der Waals surface area contributed by atoms with Crippen LogP contribution in [0.4, 0.5) is 0 Å². The summed E-state index contributed by atoms with van der Waals surface area (Å²) in [7, 11) is 1.61. The minimum Gasteiger partial charge on any atom is -0.480 e. The molecule has 4 nitrogen and oxygen atoms in total. The van der Waals surface area contributed by atoms with Crippen LogP contribution in [-0.2, 0) is 9.53 Å². The van der Waals surface area contributed by atoms with Crippen LogP contribution in [0, 0.1) is 11.8 Å². The minimum atomic E-state index is -0.793. The molecule has 0 saturated carbocycles. The van der Waals surface area contributed by atoms with E-state index in [4.69, 9.17) is 4.74 Å². The number of methoxy groups -OCH3 is 1. The lowest BCUT2D eigenvalue weighted by Crippen LogP contribution is -2.57. The molecule has 1 heterocycles. The van der Waals surface area contributed by atoms with Crippen molar-refractivity contribution in [1.82, 2.24) is 4.90 Å². The van der Waals surface area contributed by atoms with Gasteiger partial charge in [0.25, 0.3) is 0 Å². The molecule has 17 heavy (non-hydrogen) atoms. The Kier molecular flexibility index (Phi) is 4.95. The predicted octanol–water partition coefficient (Wildman–Crippen LogP) is 1.84. The van der Waals surface area contributed by atoms with E-state index in [-0.39, 0.29) is 0 Å². The molecule has 4 heteroatoms. The topological polar surface area (TPSA) is 49.8 Å². The van der Waals surface area contributed by atoms with Crippen molar-refractivity contribution in [2.45, 2.75) is 39.2 Å². The Morgan fingerprint density at radius 2 is 1.94 bits per heavy atom. The summed E-state index contributed by atoms with van der Waals surface area (Å²) in [4.78, 5) is 13.7. The normalized spacial score (nSPS) is 29.9. The van der Waals surface area contributed by atoms with Crippen LogP contribution in [-0.4, -0.2) is 48.3 Å². The molecule has 0 aromatic carbocycles. The van der Waals surface area contributed by atoms with E-state index in [0.717, 1.165) is 13.1 Å². The fourth-order valence-corrected chi connectivity index (χ4v) is 2.77. The third kappa shape index (κ3) is 3.42. The zero-order valence-corrected chi connectivity index (χ0v) is 11.4. The maximum absolute atomic E-state index is 11.5. The van der Waals surface area contributed by atoms with Crippen LogP contribution in [0.5, 0.6) is 0 Å². The number of hydrogen-bond acceptors (Lipinski definition) is 3. The highest BCUT2D eigenvalue weighted by Gasteiger charge is 2.41. The molecule has 0 aromatic rings. The van der Waals surface area contributed by atoms with Gasteiger partial charge in [-0.2, -0.15) is 0 Å². The number of carboxylic acid groups (broad SMARTS) is 1. The highest BCUT2D eigenvalue weighted by Crippen LogP contribution is 2.29. The summed E-state index contributed by atoms with van der Waals surface area (Å²) in [6.07, 6.45) is 1.73. The van der Waals surface area contributed by atoms with Crippen LogP contribution in [0.1, 0.15) is 33.6 Å². The van der Waals surface area contributed by atoms with Gasteiger partial charge in [0.2, 0.25) is 0 Å². The van der Waals surface area contributed by atoms with Crippen LogP contribution in [0.2, 0.25) is 0 Å². The van der Waals surface area contributed by atoms with Crippen molar-refractivity contribution in [3.8, 4) is 0 Å². The molecule has 1 saturated heterocycles. The van der Waals surface area contributed by atoms with Crippen molar-refractivity contribution in [2.75, 3.05) is 26.8 Å². The van der Waals surface area contributed by atoms with Gasteiger partial charge in [-0.1, -0.05) is 13.8 Å². The smallest absolute Gasteiger partial charge is 0.323 e. The molecule has 1 aliphatic heterocycles. The van der Waals surface area contributed by atoms with Gasteiger partial charge in [0.05, 0.1) is 0 Å². The molecule has 100 valence electrons. The van der Waals surface area contributed by atoms with Gasteiger partial charge in [-0.15, -0.1) is 0 Å². The number of likely N-dealkylation sites (tertiary alicyclic amines) is 1. The molecule has 3 atom stereocenters. The molecule has 0 spiro atoms. The molecular formula is C13H25NO3. The molecule has 0 radical (unpaired) electrons. The van der Waals surface area contributed by atoms with Crippen LogP contribution in [0.25, 0.3) is 0 Å². The van der Waals surface area contributed by atoms with Crippen molar-refractivity contribution in [3.63, 3.8) is 0 Å². The number of carbonyl (C=O) groups is 1. The van der Waals surface area contributed by atoms with Gasteiger partial charge in [-0.3, -0.25) is 9.69 Å². The molecule has 1 fully saturated rings. The fraction of sp³-hybridized carbons (Fsp3) is 0.923. The van der Waals surface area contributed by atoms with Gasteiger partial charge in [-0.25, -0.2) is 0 Å². The predicted molar refractivity (Wildman–Crippen MR) is 67.1 cm³/mol. The molecule has 0 aliphatic carbocycles. The zero-order chi connectivity index (χ0) is 13.1. The maximum Gasteiger partial charge on any atom is 0.323 e.